The molecule has 0 fully saturated rings. The van der Waals surface area contributed by atoms with E-state index in [1.807, 2.05) is 0 Å². The molecule has 8 aromatic carbocycles. The van der Waals surface area contributed by atoms with Gasteiger partial charge in [0.1, 0.15) is 22.6 Å². The van der Waals surface area contributed by atoms with E-state index in [-0.39, 0.29) is 10.8 Å². The molecule has 3 aliphatic rings. The summed E-state index contributed by atoms with van der Waals surface area (Å²) in [6, 6.07) is 69.9. The van der Waals surface area contributed by atoms with E-state index in [4.69, 9.17) is 4.74 Å². The normalized spacial score (nSPS) is 15.2. The van der Waals surface area contributed by atoms with Gasteiger partial charge in [-0.1, -0.05) is 169 Å². The first-order valence-electron chi connectivity index (χ1n) is 24.0. The van der Waals surface area contributed by atoms with Crippen LogP contribution in [0.15, 0.2) is 194 Å². The molecule has 4 heteroatoms. The molecule has 0 radical (unpaired) electrons. The summed E-state index contributed by atoms with van der Waals surface area (Å²) in [6.45, 7) is 15.9. The highest BCUT2D eigenvalue weighted by molar-refractivity contribution is 6.00. The molecule has 1 unspecified atom stereocenters. The molecule has 0 saturated heterocycles. The molecule has 4 nitrogen and oxygen atoms in total. The Morgan fingerprint density at radius 2 is 1.04 bits per heavy atom. The lowest BCUT2D eigenvalue weighted by Gasteiger charge is -2.32. The van der Waals surface area contributed by atoms with E-state index in [9.17, 15) is 0 Å². The SMILES string of the molecule is Cc1cc(-c2ccc(C(C)(C)C)cc2)c(-n2c3[n+]4c5c(cccc52)-c2cc(-c5ccccc5)cc5c2C4(Oc2ccccc2-3)[n+]2ccc(-c3ccc(C(C)(C)C)cc3)cc2-5)cc1-c1ccccc1. The Kier molecular flexibility index (Phi) is 8.53. The molecule has 13 rings (SSSR count). The molecule has 0 N–H and O–H groups in total. The van der Waals surface area contributed by atoms with Gasteiger partial charge >= 0.3 is 11.7 Å². The maximum absolute atomic E-state index is 7.78. The van der Waals surface area contributed by atoms with Crippen molar-refractivity contribution in [3.05, 3.63) is 217 Å². The van der Waals surface area contributed by atoms with E-state index in [0.717, 1.165) is 45.1 Å². The van der Waals surface area contributed by atoms with Crippen molar-refractivity contribution in [2.75, 3.05) is 0 Å². The summed E-state index contributed by atoms with van der Waals surface area (Å²) in [6.07, 6.45) is 2.28. The molecule has 0 amide bonds. The minimum Gasteiger partial charge on any atom is -0.392 e. The van der Waals surface area contributed by atoms with Crippen molar-refractivity contribution < 1.29 is 13.9 Å². The number of hydrogen-bond donors (Lipinski definition) is 0. The summed E-state index contributed by atoms with van der Waals surface area (Å²) in [5.41, 5.74) is 23.7. The summed E-state index contributed by atoms with van der Waals surface area (Å²) >= 11 is 0. The van der Waals surface area contributed by atoms with Crippen molar-refractivity contribution in [3.63, 3.8) is 0 Å². The predicted octanol–water partition coefficient (Wildman–Crippen LogP) is 15.0. The van der Waals surface area contributed by atoms with E-state index in [1.165, 1.54) is 77.9 Å². The smallest absolute Gasteiger partial charge is 0.392 e. The van der Waals surface area contributed by atoms with Gasteiger partial charge in [0.15, 0.2) is 17.2 Å². The molecule has 1 atom stereocenters. The third kappa shape index (κ3) is 5.79. The number of fused-ring (bicyclic) bond motifs is 5. The van der Waals surface area contributed by atoms with Crippen LogP contribution in [0.25, 0.3) is 95.0 Å². The lowest BCUT2D eigenvalue weighted by molar-refractivity contribution is -0.997. The Hall–Kier alpha value is -7.82. The molecule has 5 heterocycles. The number of nitrogens with zero attached hydrogens (tertiary/aromatic N) is 3. The first-order valence-corrected chi connectivity index (χ1v) is 24.0. The first-order chi connectivity index (χ1) is 32.9. The number of ether oxygens (including phenoxy) is 1. The number of hydrogen-bond acceptors (Lipinski definition) is 1. The van der Waals surface area contributed by atoms with Gasteiger partial charge in [-0.3, -0.25) is 0 Å². The van der Waals surface area contributed by atoms with Crippen LogP contribution in [-0.4, -0.2) is 4.57 Å². The molecule has 1 spiro atoms. The largest absolute Gasteiger partial charge is 0.499 e. The van der Waals surface area contributed by atoms with Gasteiger partial charge in [-0.25, -0.2) is 0 Å². The Morgan fingerprint density at radius 1 is 0.456 bits per heavy atom. The molecular weight excluding hydrogens is 827 g/mol. The van der Waals surface area contributed by atoms with Crippen molar-refractivity contribution >= 4 is 11.0 Å². The summed E-state index contributed by atoms with van der Waals surface area (Å²) < 4.78 is 15.3. The van der Waals surface area contributed by atoms with Gasteiger partial charge in [0.2, 0.25) is 5.69 Å². The van der Waals surface area contributed by atoms with Crippen LogP contribution in [0, 0.1) is 6.92 Å². The predicted molar refractivity (Wildman–Crippen MR) is 277 cm³/mol. The van der Waals surface area contributed by atoms with Gasteiger partial charge in [-0.05, 0) is 122 Å². The second-order valence-corrected chi connectivity index (χ2v) is 21.1. The lowest BCUT2D eigenvalue weighted by Crippen LogP contribution is -2.78. The number of para-hydroxylation sites is 2. The molecule has 0 bridgehead atoms. The molecule has 328 valence electrons. The lowest BCUT2D eigenvalue weighted by atomic mass is 9.85. The van der Waals surface area contributed by atoms with E-state index in [2.05, 4.69) is 256 Å². The molecule has 0 aliphatic carbocycles. The van der Waals surface area contributed by atoms with Gasteiger partial charge < -0.3 is 4.74 Å². The van der Waals surface area contributed by atoms with Crippen LogP contribution in [0.5, 0.6) is 5.75 Å². The number of rotatable bonds is 5. The third-order valence-electron chi connectivity index (χ3n) is 14.8. The highest BCUT2D eigenvalue weighted by atomic mass is 16.5. The molecular formula is C64H53N3O+2. The number of benzene rings is 8. The molecule has 0 saturated carbocycles. The van der Waals surface area contributed by atoms with Crippen molar-refractivity contribution in [1.82, 2.24) is 4.57 Å². The summed E-state index contributed by atoms with van der Waals surface area (Å²) in [5.74, 6) is 0.848. The van der Waals surface area contributed by atoms with Gasteiger partial charge in [-0.15, -0.1) is 9.13 Å². The minimum absolute atomic E-state index is 0.0333. The maximum atomic E-state index is 7.78. The number of pyridine rings is 1. The number of aryl methyl sites for hydroxylation is 1. The molecule has 68 heavy (non-hydrogen) atoms. The maximum Gasteiger partial charge on any atom is 0.499 e. The fraction of sp³-hybridized carbons (Fsp3) is 0.156. The second kappa shape index (κ2) is 14.3. The first kappa shape index (κ1) is 40.5. The van der Waals surface area contributed by atoms with E-state index < -0.39 is 5.85 Å². The second-order valence-electron chi connectivity index (χ2n) is 21.1. The Morgan fingerprint density at radius 3 is 1.74 bits per heavy atom. The molecule has 2 aromatic heterocycles. The zero-order valence-electron chi connectivity index (χ0n) is 39.7. The topological polar surface area (TPSA) is 21.9 Å². The van der Waals surface area contributed by atoms with Gasteiger partial charge in [0.05, 0.1) is 5.56 Å². The Balaban J connectivity index is 1.16. The monoisotopic (exact) mass is 879 g/mol. The average molecular weight is 880 g/mol. The summed E-state index contributed by atoms with van der Waals surface area (Å²) in [7, 11) is 0. The van der Waals surface area contributed by atoms with Crippen LogP contribution in [0.4, 0.5) is 0 Å². The summed E-state index contributed by atoms with van der Waals surface area (Å²) in [5, 5.41) is 0. The average Bonchev–Trinajstić information content (AvgIpc) is 3.85. The fourth-order valence-corrected chi connectivity index (χ4v) is 11.4. The van der Waals surface area contributed by atoms with E-state index >= 15 is 0 Å². The van der Waals surface area contributed by atoms with Crippen LogP contribution in [0.3, 0.4) is 0 Å². The van der Waals surface area contributed by atoms with Crippen LogP contribution in [0.2, 0.25) is 0 Å². The Labute approximate surface area is 399 Å². The van der Waals surface area contributed by atoms with Crippen LogP contribution >= 0.6 is 0 Å². The standard InChI is InChI=1S/C64H53N3O/c1-40-35-52(44-27-31-48(32-28-44)63(5,6)7)57(39-51(40)43-19-12-9-13-20-43)66-55-23-16-22-49-53-36-46(41-17-10-8-11-18-41)37-54-56-38-45(42-25-29-47(30-26-42)62(2,3)4)33-34-65(56)64(59(53)54)67(60(49)55)61(66)50-21-14-15-24-58(50)68-64/h8-39H,1-7H3/q+2. The fourth-order valence-electron chi connectivity index (χ4n) is 11.4. The van der Waals surface area contributed by atoms with E-state index in [1.54, 1.807) is 0 Å². The van der Waals surface area contributed by atoms with Crippen LogP contribution in [-0.2, 0) is 16.7 Å². The van der Waals surface area contributed by atoms with Gasteiger partial charge in [0.25, 0.3) is 0 Å². The van der Waals surface area contributed by atoms with Crippen molar-refractivity contribution in [2.24, 2.45) is 0 Å². The minimum atomic E-state index is -1.08. The van der Waals surface area contributed by atoms with E-state index in [0.29, 0.717) is 0 Å². The highest BCUT2D eigenvalue weighted by Gasteiger charge is 2.68. The highest BCUT2D eigenvalue weighted by Crippen LogP contribution is 2.55. The van der Waals surface area contributed by atoms with Gasteiger partial charge in [0, 0.05) is 28.8 Å². The number of aromatic nitrogens is 3. The van der Waals surface area contributed by atoms with Crippen LogP contribution < -0.4 is 13.9 Å². The Bertz CT molecular complexity index is 3700. The van der Waals surface area contributed by atoms with Crippen molar-refractivity contribution in [1.29, 1.82) is 0 Å². The third-order valence-corrected chi connectivity index (χ3v) is 14.8. The molecule has 10 aromatic rings. The van der Waals surface area contributed by atoms with Crippen LogP contribution in [0.1, 0.15) is 63.8 Å². The quantitative estimate of drug-likeness (QED) is 0.158. The zero-order valence-corrected chi connectivity index (χ0v) is 39.7. The molecule has 3 aliphatic heterocycles. The van der Waals surface area contributed by atoms with Crippen molar-refractivity contribution in [3.8, 4) is 89.7 Å². The zero-order chi connectivity index (χ0) is 46.3. The van der Waals surface area contributed by atoms with Crippen molar-refractivity contribution in [2.45, 2.75) is 65.1 Å². The number of imidazole rings is 1. The summed E-state index contributed by atoms with van der Waals surface area (Å²) in [4.78, 5) is 0. The van der Waals surface area contributed by atoms with Gasteiger partial charge in [-0.2, -0.15) is 4.57 Å².